The largest absolute Gasteiger partial charge is 0.494 e. The molecule has 0 aliphatic rings. The van der Waals surface area contributed by atoms with Crippen molar-refractivity contribution in [2.24, 2.45) is 5.92 Å². The molecule has 0 radical (unpaired) electrons. The lowest BCUT2D eigenvalue weighted by Gasteiger charge is -2.16. The van der Waals surface area contributed by atoms with Crippen LogP contribution in [-0.2, 0) is 4.79 Å². The van der Waals surface area contributed by atoms with Gasteiger partial charge in [-0.25, -0.2) is 4.79 Å². The molecule has 4 aromatic rings. The normalized spacial score (nSPS) is 11.9. The first-order chi connectivity index (χ1) is 23.4. The van der Waals surface area contributed by atoms with Crippen LogP contribution in [0, 0.1) is 5.92 Å². The Kier molecular flexibility index (Phi) is 15.2. The summed E-state index contributed by atoms with van der Waals surface area (Å²) in [5.41, 5.74) is 3.62. The van der Waals surface area contributed by atoms with Crippen molar-refractivity contribution < 1.29 is 19.1 Å². The summed E-state index contributed by atoms with van der Waals surface area (Å²) < 4.78 is 11.7. The van der Waals surface area contributed by atoms with E-state index in [9.17, 15) is 9.59 Å². The molecule has 4 nitrogen and oxygen atoms in total. The zero-order chi connectivity index (χ0) is 34.1. The fourth-order valence-electron chi connectivity index (χ4n) is 6.29. The van der Waals surface area contributed by atoms with E-state index in [0.717, 1.165) is 59.1 Å². The molecule has 0 spiro atoms. The number of carbonyl (C=O) groups excluding carboxylic acids is 2. The zero-order valence-electron chi connectivity index (χ0n) is 29.8. The zero-order valence-corrected chi connectivity index (χ0v) is 29.8. The van der Waals surface area contributed by atoms with Crippen LogP contribution < -0.4 is 9.47 Å². The van der Waals surface area contributed by atoms with Gasteiger partial charge in [-0.3, -0.25) is 4.79 Å². The second-order valence-electron chi connectivity index (χ2n) is 13.4. The van der Waals surface area contributed by atoms with Crippen molar-refractivity contribution in [1.29, 1.82) is 0 Å². The van der Waals surface area contributed by atoms with Crippen molar-refractivity contribution in [3.63, 3.8) is 0 Å². The van der Waals surface area contributed by atoms with Crippen LogP contribution in [0.15, 0.2) is 84.9 Å². The average molecular weight is 649 g/mol. The third-order valence-corrected chi connectivity index (χ3v) is 9.75. The van der Waals surface area contributed by atoms with E-state index in [1.165, 1.54) is 57.8 Å². The molecule has 1 atom stereocenters. The Morgan fingerprint density at radius 1 is 0.604 bits per heavy atom. The van der Waals surface area contributed by atoms with Gasteiger partial charge in [0, 0.05) is 12.3 Å². The van der Waals surface area contributed by atoms with Crippen LogP contribution in [0.1, 0.15) is 133 Å². The molecule has 0 aliphatic carbocycles. The number of fused-ring (bicyclic) bond motifs is 1. The van der Waals surface area contributed by atoms with E-state index in [2.05, 4.69) is 39.0 Å². The topological polar surface area (TPSA) is 52.6 Å². The van der Waals surface area contributed by atoms with E-state index in [-0.39, 0.29) is 5.92 Å². The molecule has 0 aromatic heterocycles. The van der Waals surface area contributed by atoms with Crippen molar-refractivity contribution in [2.45, 2.75) is 117 Å². The van der Waals surface area contributed by atoms with E-state index in [0.29, 0.717) is 29.4 Å². The Morgan fingerprint density at radius 2 is 1.15 bits per heavy atom. The van der Waals surface area contributed by atoms with Gasteiger partial charge >= 0.3 is 5.97 Å². The quantitative estimate of drug-likeness (QED) is 0.0512. The Morgan fingerprint density at radius 3 is 1.77 bits per heavy atom. The smallest absolute Gasteiger partial charge is 0.343 e. The van der Waals surface area contributed by atoms with Crippen LogP contribution in [0.4, 0.5) is 0 Å². The number of carbonyl (C=O) groups is 2. The lowest BCUT2D eigenvalue weighted by atomic mass is 9.87. The lowest BCUT2D eigenvalue weighted by molar-refractivity contribution is -0.121. The van der Waals surface area contributed by atoms with E-state index in [4.69, 9.17) is 9.47 Å². The van der Waals surface area contributed by atoms with Crippen molar-refractivity contribution in [2.75, 3.05) is 6.61 Å². The monoisotopic (exact) mass is 648 g/mol. The number of Topliss-reactive ketones (excluding diaryl/α,β-unsaturated/α-hetero) is 1. The summed E-state index contributed by atoms with van der Waals surface area (Å²) in [5.74, 6) is 1.59. The molecule has 0 saturated carbocycles. The predicted octanol–water partition coefficient (Wildman–Crippen LogP) is 12.5. The molecule has 48 heavy (non-hydrogen) atoms. The number of hydrogen-bond acceptors (Lipinski definition) is 4. The van der Waals surface area contributed by atoms with Gasteiger partial charge in [0.25, 0.3) is 0 Å². The summed E-state index contributed by atoms with van der Waals surface area (Å²) in [6.07, 6.45) is 15.9. The molecule has 0 N–H and O–H groups in total. The number of ether oxygens (including phenoxy) is 2. The Balaban J connectivity index is 1.23. The number of benzene rings is 4. The van der Waals surface area contributed by atoms with E-state index in [1.54, 1.807) is 12.1 Å². The molecule has 4 aromatic carbocycles. The second-order valence-corrected chi connectivity index (χ2v) is 13.4. The van der Waals surface area contributed by atoms with Crippen LogP contribution in [-0.4, -0.2) is 18.4 Å². The fraction of sp³-hybridized carbons (Fsp3) is 0.455. The third-order valence-electron chi connectivity index (χ3n) is 9.75. The highest BCUT2D eigenvalue weighted by Crippen LogP contribution is 2.29. The average Bonchev–Trinajstić information content (AvgIpc) is 3.12. The maximum absolute atomic E-state index is 13.0. The van der Waals surface area contributed by atoms with Crippen molar-refractivity contribution in [1.82, 2.24) is 0 Å². The highest BCUT2D eigenvalue weighted by Gasteiger charge is 2.19. The first kappa shape index (κ1) is 36.9. The summed E-state index contributed by atoms with van der Waals surface area (Å²) >= 11 is 0. The van der Waals surface area contributed by atoms with Crippen molar-refractivity contribution in [3.05, 3.63) is 96.1 Å². The molecule has 256 valence electrons. The molecule has 0 aliphatic heterocycles. The maximum atomic E-state index is 13.0. The Bertz CT molecular complexity index is 1550. The molecule has 0 fully saturated rings. The third kappa shape index (κ3) is 11.4. The molecular weight excluding hydrogens is 592 g/mol. The molecule has 4 rings (SSSR count). The van der Waals surface area contributed by atoms with Gasteiger partial charge in [0.05, 0.1) is 12.2 Å². The summed E-state index contributed by atoms with van der Waals surface area (Å²) in [7, 11) is 0. The lowest BCUT2D eigenvalue weighted by Crippen LogP contribution is -2.14. The molecule has 0 saturated heterocycles. The fourth-order valence-corrected chi connectivity index (χ4v) is 6.29. The first-order valence-corrected chi connectivity index (χ1v) is 18.5. The number of hydrogen-bond donors (Lipinski definition) is 0. The van der Waals surface area contributed by atoms with Crippen LogP contribution in [0.2, 0.25) is 0 Å². The van der Waals surface area contributed by atoms with Gasteiger partial charge in [0.15, 0.2) is 0 Å². The SMILES string of the molecule is CCCCCCCCCCCCOc1ccc(-c2ccc(C(=O)Oc3ccc4cc([C@H](C)C(=O)CC(CC)CC)ccc4c3)cc2)cc1. The minimum absolute atomic E-state index is 0.138. The number of esters is 1. The van der Waals surface area contributed by atoms with E-state index < -0.39 is 5.97 Å². The molecule has 4 heteroatoms. The van der Waals surface area contributed by atoms with Gasteiger partial charge < -0.3 is 9.47 Å². The van der Waals surface area contributed by atoms with E-state index >= 15 is 0 Å². The minimum atomic E-state index is -0.395. The minimum Gasteiger partial charge on any atom is -0.494 e. The van der Waals surface area contributed by atoms with Crippen LogP contribution in [0.5, 0.6) is 11.5 Å². The highest BCUT2D eigenvalue weighted by atomic mass is 16.5. The summed E-state index contributed by atoms with van der Waals surface area (Å²) in [4.78, 5) is 25.8. The number of rotatable bonds is 21. The Labute approximate surface area is 289 Å². The number of unbranched alkanes of at least 4 members (excludes halogenated alkanes) is 9. The van der Waals surface area contributed by atoms with Crippen molar-refractivity contribution in [3.8, 4) is 22.6 Å². The summed E-state index contributed by atoms with van der Waals surface area (Å²) in [5, 5.41) is 1.99. The van der Waals surface area contributed by atoms with Gasteiger partial charge in [0.1, 0.15) is 17.3 Å². The molecule has 0 heterocycles. The van der Waals surface area contributed by atoms with Crippen molar-refractivity contribution >= 4 is 22.5 Å². The Hall–Kier alpha value is -3.92. The van der Waals surface area contributed by atoms with Crippen LogP contribution in [0.25, 0.3) is 21.9 Å². The van der Waals surface area contributed by atoms with Gasteiger partial charge in [0.2, 0.25) is 0 Å². The predicted molar refractivity (Wildman–Crippen MR) is 200 cm³/mol. The highest BCUT2D eigenvalue weighted by molar-refractivity contribution is 5.93. The van der Waals surface area contributed by atoms with E-state index in [1.807, 2.05) is 61.5 Å². The van der Waals surface area contributed by atoms with Gasteiger partial charge in [-0.1, -0.05) is 147 Å². The van der Waals surface area contributed by atoms with Gasteiger partial charge in [-0.05, 0) is 76.2 Å². The molecule has 0 amide bonds. The standard InChI is InChI=1S/C44H56O4/c1-5-8-9-10-11-12-13-14-15-16-29-47-41-26-23-36(24-27-41)35-17-19-37(20-18-35)44(46)48-42-28-25-39-31-38(21-22-40(39)32-42)33(4)43(45)30-34(6-2)7-3/h17-28,31-34H,5-16,29-30H2,1-4H3/t33-/m0/s1. The first-order valence-electron chi connectivity index (χ1n) is 18.5. The summed E-state index contributed by atoms with van der Waals surface area (Å²) in [6, 6.07) is 27.4. The molecule has 0 bridgehead atoms. The van der Waals surface area contributed by atoms with Gasteiger partial charge in [-0.2, -0.15) is 0 Å². The second kappa shape index (κ2) is 19.8. The van der Waals surface area contributed by atoms with Crippen LogP contribution >= 0.6 is 0 Å². The van der Waals surface area contributed by atoms with Crippen LogP contribution in [0.3, 0.4) is 0 Å². The molecule has 0 unspecified atom stereocenters. The summed E-state index contributed by atoms with van der Waals surface area (Å²) in [6.45, 7) is 9.32. The maximum Gasteiger partial charge on any atom is 0.343 e. The van der Waals surface area contributed by atoms with Gasteiger partial charge in [-0.15, -0.1) is 0 Å². The molecular formula is C44H56O4. The number of ketones is 1.